The molecule has 0 fully saturated rings. The number of aliphatic hydroxyl groups is 1. The van der Waals surface area contributed by atoms with Crippen LogP contribution in [0.3, 0.4) is 0 Å². The summed E-state index contributed by atoms with van der Waals surface area (Å²) in [6.07, 6.45) is -0.573. The zero-order valence-electron chi connectivity index (χ0n) is 9.71. The molecule has 0 amide bonds. The van der Waals surface area contributed by atoms with E-state index in [1.807, 2.05) is 18.2 Å². The number of rotatable bonds is 3. The molecule has 1 unspecified atom stereocenters. The van der Waals surface area contributed by atoms with Gasteiger partial charge in [-0.25, -0.2) is 4.39 Å². The molecule has 0 aromatic heterocycles. The van der Waals surface area contributed by atoms with Gasteiger partial charge in [-0.2, -0.15) is 0 Å². The van der Waals surface area contributed by atoms with Gasteiger partial charge in [0.05, 0.1) is 11.1 Å². The second-order valence-corrected chi connectivity index (χ2v) is 6.58. The number of benzene rings is 2. The molecule has 1 N–H and O–H groups in total. The first kappa shape index (κ1) is 15.2. The summed E-state index contributed by atoms with van der Waals surface area (Å²) >= 11 is 11.3. The van der Waals surface area contributed by atoms with E-state index in [0.717, 1.165) is 13.6 Å². The predicted molar refractivity (Wildman–Crippen MR) is 86.9 cm³/mol. The topological polar surface area (TPSA) is 20.2 Å². The minimum absolute atomic E-state index is 0.0774. The first-order valence-electron chi connectivity index (χ1n) is 5.55. The van der Waals surface area contributed by atoms with Crippen LogP contribution in [0.4, 0.5) is 4.39 Å². The second kappa shape index (κ2) is 6.52. The van der Waals surface area contributed by atoms with E-state index in [9.17, 15) is 9.50 Å². The van der Waals surface area contributed by atoms with E-state index in [-0.39, 0.29) is 11.4 Å². The van der Waals surface area contributed by atoms with Crippen LogP contribution < -0.4 is 0 Å². The molecule has 0 aliphatic heterocycles. The van der Waals surface area contributed by atoms with Crippen LogP contribution in [0.1, 0.15) is 17.2 Å². The van der Waals surface area contributed by atoms with Crippen LogP contribution in [0, 0.1) is 9.39 Å². The van der Waals surface area contributed by atoms with Crippen molar-refractivity contribution in [2.24, 2.45) is 0 Å². The van der Waals surface area contributed by atoms with E-state index in [0.29, 0.717) is 5.56 Å². The van der Waals surface area contributed by atoms with Crippen molar-refractivity contribution in [1.29, 1.82) is 0 Å². The Labute approximate surface area is 138 Å². The number of hydrogen-bond acceptors (Lipinski definition) is 1. The molecule has 1 nitrogen and oxygen atoms in total. The molecule has 5 heteroatoms. The third kappa shape index (κ3) is 3.68. The summed E-state index contributed by atoms with van der Waals surface area (Å²) in [6, 6.07) is 10.5. The number of hydrogen-bond donors (Lipinski definition) is 1. The van der Waals surface area contributed by atoms with Crippen LogP contribution in [0.25, 0.3) is 0 Å². The molecule has 0 bridgehead atoms. The van der Waals surface area contributed by atoms with Crippen LogP contribution in [-0.2, 0) is 6.42 Å². The van der Waals surface area contributed by atoms with Gasteiger partial charge in [-0.3, -0.25) is 0 Å². The Balaban J connectivity index is 2.28. The molecule has 0 aliphatic rings. The molecule has 0 aliphatic carbocycles. The zero-order chi connectivity index (χ0) is 14.0. The lowest BCUT2D eigenvalue weighted by Gasteiger charge is -2.14. The van der Waals surface area contributed by atoms with Crippen molar-refractivity contribution in [3.05, 3.63) is 66.4 Å². The lowest BCUT2D eigenvalue weighted by atomic mass is 10.0. The van der Waals surface area contributed by atoms with Gasteiger partial charge in [0.2, 0.25) is 0 Å². The quantitative estimate of drug-likeness (QED) is 0.637. The minimum Gasteiger partial charge on any atom is -0.388 e. The fourth-order valence-electron chi connectivity index (χ4n) is 1.79. The molecule has 19 heavy (non-hydrogen) atoms. The highest BCUT2D eigenvalue weighted by Gasteiger charge is 2.15. The molecule has 0 heterocycles. The Morgan fingerprint density at radius 1 is 1.32 bits per heavy atom. The van der Waals surface area contributed by atoms with Gasteiger partial charge in [0.15, 0.2) is 0 Å². The van der Waals surface area contributed by atoms with Gasteiger partial charge >= 0.3 is 0 Å². The van der Waals surface area contributed by atoms with Gasteiger partial charge in [-0.15, -0.1) is 0 Å². The maximum Gasteiger partial charge on any atom is 0.145 e. The molecule has 2 rings (SSSR count). The molecule has 2 aromatic carbocycles. The van der Waals surface area contributed by atoms with Gasteiger partial charge in [0, 0.05) is 14.5 Å². The average Bonchev–Trinajstić information content (AvgIpc) is 2.38. The molecule has 1 atom stereocenters. The van der Waals surface area contributed by atoms with Crippen molar-refractivity contribution in [2.75, 3.05) is 0 Å². The Morgan fingerprint density at radius 3 is 2.79 bits per heavy atom. The highest BCUT2D eigenvalue weighted by Crippen LogP contribution is 2.28. The molecule has 0 saturated heterocycles. The summed E-state index contributed by atoms with van der Waals surface area (Å²) < 4.78 is 15.6. The Hall–Kier alpha value is -0.170. The first-order chi connectivity index (χ1) is 8.99. The van der Waals surface area contributed by atoms with Crippen LogP contribution in [0.5, 0.6) is 0 Å². The SMILES string of the molecule is OC(Cc1cccc(Cl)c1F)c1cc(Br)ccc1I. The molecule has 0 radical (unpaired) electrons. The van der Waals surface area contributed by atoms with E-state index in [1.165, 1.54) is 6.07 Å². The van der Waals surface area contributed by atoms with Crippen LogP contribution in [0.15, 0.2) is 40.9 Å². The van der Waals surface area contributed by atoms with E-state index in [4.69, 9.17) is 11.6 Å². The average molecular weight is 455 g/mol. The largest absolute Gasteiger partial charge is 0.388 e. The highest BCUT2D eigenvalue weighted by atomic mass is 127. The summed E-state index contributed by atoms with van der Waals surface area (Å²) in [5.41, 5.74) is 1.19. The monoisotopic (exact) mass is 454 g/mol. The summed E-state index contributed by atoms with van der Waals surface area (Å²) in [6.45, 7) is 0. The van der Waals surface area contributed by atoms with Gasteiger partial charge in [0.1, 0.15) is 5.82 Å². The van der Waals surface area contributed by atoms with Crippen molar-refractivity contribution in [3.63, 3.8) is 0 Å². The Morgan fingerprint density at radius 2 is 2.05 bits per heavy atom. The van der Waals surface area contributed by atoms with Crippen LogP contribution in [0.2, 0.25) is 5.02 Å². The molecule has 0 spiro atoms. The molecule has 0 saturated carbocycles. The Bertz CT molecular complexity index is 606. The van der Waals surface area contributed by atoms with E-state index < -0.39 is 11.9 Å². The van der Waals surface area contributed by atoms with Gasteiger partial charge in [-0.05, 0) is 58.0 Å². The molecular weight excluding hydrogens is 445 g/mol. The number of aliphatic hydroxyl groups excluding tert-OH is 1. The van der Waals surface area contributed by atoms with E-state index in [1.54, 1.807) is 12.1 Å². The Kier molecular flexibility index (Phi) is 5.22. The van der Waals surface area contributed by atoms with Crippen LogP contribution in [-0.4, -0.2) is 5.11 Å². The third-order valence-electron chi connectivity index (χ3n) is 2.76. The lowest BCUT2D eigenvalue weighted by molar-refractivity contribution is 0.176. The van der Waals surface area contributed by atoms with E-state index >= 15 is 0 Å². The molecule has 100 valence electrons. The standard InChI is InChI=1S/C14H10BrClFIO/c15-9-4-5-12(18)10(7-9)13(19)6-8-2-1-3-11(16)14(8)17/h1-5,7,13,19H,6H2. The zero-order valence-corrected chi connectivity index (χ0v) is 14.2. The van der Waals surface area contributed by atoms with Crippen molar-refractivity contribution in [2.45, 2.75) is 12.5 Å². The third-order valence-corrected chi connectivity index (χ3v) is 4.53. The molecular formula is C14H10BrClFIO. The smallest absolute Gasteiger partial charge is 0.145 e. The maximum atomic E-state index is 13.8. The summed E-state index contributed by atoms with van der Waals surface area (Å²) in [5, 5.41) is 10.3. The van der Waals surface area contributed by atoms with Gasteiger partial charge < -0.3 is 5.11 Å². The maximum absolute atomic E-state index is 13.8. The normalized spacial score (nSPS) is 12.5. The second-order valence-electron chi connectivity index (χ2n) is 4.10. The summed E-state index contributed by atoms with van der Waals surface area (Å²) in [4.78, 5) is 0. The summed E-state index contributed by atoms with van der Waals surface area (Å²) in [7, 11) is 0. The fraction of sp³-hybridized carbons (Fsp3) is 0.143. The van der Waals surface area contributed by atoms with Crippen molar-refractivity contribution in [1.82, 2.24) is 0 Å². The van der Waals surface area contributed by atoms with Crippen molar-refractivity contribution < 1.29 is 9.50 Å². The van der Waals surface area contributed by atoms with Crippen molar-refractivity contribution >= 4 is 50.1 Å². The highest BCUT2D eigenvalue weighted by molar-refractivity contribution is 14.1. The van der Waals surface area contributed by atoms with E-state index in [2.05, 4.69) is 38.5 Å². The lowest BCUT2D eigenvalue weighted by Crippen LogP contribution is -2.05. The first-order valence-corrected chi connectivity index (χ1v) is 7.80. The van der Waals surface area contributed by atoms with Gasteiger partial charge in [-0.1, -0.05) is 39.7 Å². The summed E-state index contributed by atoms with van der Waals surface area (Å²) in [5.74, 6) is -0.465. The predicted octanol–water partition coefficient (Wildman–Crippen LogP) is 5.12. The van der Waals surface area contributed by atoms with Gasteiger partial charge in [0.25, 0.3) is 0 Å². The van der Waals surface area contributed by atoms with Crippen LogP contribution >= 0.6 is 50.1 Å². The minimum atomic E-state index is -0.766. The molecule has 2 aromatic rings. The number of halogens is 4. The van der Waals surface area contributed by atoms with Crippen molar-refractivity contribution in [3.8, 4) is 0 Å². The fourth-order valence-corrected chi connectivity index (χ4v) is 3.06.